The van der Waals surface area contributed by atoms with E-state index in [1.807, 2.05) is 51.1 Å². The smallest absolute Gasteiger partial charge is 0.229 e. The maximum atomic E-state index is 12.1. The molecule has 5 heteroatoms. The van der Waals surface area contributed by atoms with Crippen LogP contribution in [0.3, 0.4) is 0 Å². The predicted octanol–water partition coefficient (Wildman–Crippen LogP) is 4.65. The Balaban J connectivity index is 1.54. The molecule has 0 spiro atoms. The third kappa shape index (κ3) is 5.24. The molecule has 4 nitrogen and oxygen atoms in total. The molecule has 2 aromatic carbocycles. The number of anilines is 2. The second-order valence-electron chi connectivity index (χ2n) is 8.11. The highest BCUT2D eigenvalue weighted by atomic mass is 35.5. The van der Waals surface area contributed by atoms with Crippen molar-refractivity contribution >= 4 is 28.9 Å². The first kappa shape index (κ1) is 19.7. The molecule has 0 unspecified atom stereocenters. The molecule has 1 saturated heterocycles. The summed E-state index contributed by atoms with van der Waals surface area (Å²) in [5.74, 6) is 0.0310. The van der Waals surface area contributed by atoms with Gasteiger partial charge in [0.2, 0.25) is 5.91 Å². The summed E-state index contributed by atoms with van der Waals surface area (Å²) in [6.45, 7) is 10.6. The lowest BCUT2D eigenvalue weighted by Crippen LogP contribution is -2.46. The van der Waals surface area contributed by atoms with E-state index >= 15 is 0 Å². The van der Waals surface area contributed by atoms with E-state index in [4.69, 9.17) is 11.6 Å². The van der Waals surface area contributed by atoms with Crippen molar-refractivity contribution in [3.63, 3.8) is 0 Å². The van der Waals surface area contributed by atoms with E-state index in [0.29, 0.717) is 0 Å². The highest BCUT2D eigenvalue weighted by Gasteiger charge is 2.21. The van der Waals surface area contributed by atoms with E-state index in [1.54, 1.807) is 0 Å². The monoisotopic (exact) mass is 385 g/mol. The summed E-state index contributed by atoms with van der Waals surface area (Å²) in [4.78, 5) is 16.9. The summed E-state index contributed by atoms with van der Waals surface area (Å²) < 4.78 is 0. The first-order chi connectivity index (χ1) is 12.8. The molecule has 0 atom stereocenters. The van der Waals surface area contributed by atoms with E-state index in [9.17, 15) is 4.79 Å². The lowest BCUT2D eigenvalue weighted by Gasteiger charge is -2.36. The number of hydrogen-bond acceptors (Lipinski definition) is 3. The third-order valence-corrected chi connectivity index (χ3v) is 5.26. The highest BCUT2D eigenvalue weighted by Crippen LogP contribution is 2.23. The van der Waals surface area contributed by atoms with Crippen molar-refractivity contribution in [1.82, 2.24) is 4.90 Å². The number of carbonyl (C=O) groups excluding carboxylic acids is 1. The number of rotatable bonds is 4. The molecule has 27 heavy (non-hydrogen) atoms. The average molecular weight is 386 g/mol. The van der Waals surface area contributed by atoms with Crippen molar-refractivity contribution in [2.75, 3.05) is 36.4 Å². The Labute approximate surface area is 167 Å². The van der Waals surface area contributed by atoms with Crippen molar-refractivity contribution in [1.29, 1.82) is 0 Å². The summed E-state index contributed by atoms with van der Waals surface area (Å²) in [7, 11) is 0. The summed E-state index contributed by atoms with van der Waals surface area (Å²) >= 11 is 6.28. The van der Waals surface area contributed by atoms with Crippen LogP contribution in [0.4, 0.5) is 11.4 Å². The molecule has 0 aliphatic carbocycles. The number of carbonyl (C=O) groups is 1. The van der Waals surface area contributed by atoms with Gasteiger partial charge in [0.15, 0.2) is 0 Å². The molecule has 0 saturated carbocycles. The van der Waals surface area contributed by atoms with Crippen LogP contribution in [-0.4, -0.2) is 37.0 Å². The van der Waals surface area contributed by atoms with Crippen LogP contribution in [0.15, 0.2) is 48.5 Å². The van der Waals surface area contributed by atoms with E-state index < -0.39 is 5.41 Å². The van der Waals surface area contributed by atoms with Crippen LogP contribution in [-0.2, 0) is 11.3 Å². The molecule has 1 fully saturated rings. The van der Waals surface area contributed by atoms with Gasteiger partial charge in [-0.3, -0.25) is 9.69 Å². The van der Waals surface area contributed by atoms with Crippen LogP contribution < -0.4 is 10.2 Å². The average Bonchev–Trinajstić information content (AvgIpc) is 2.64. The van der Waals surface area contributed by atoms with Crippen LogP contribution >= 0.6 is 11.6 Å². The Kier molecular flexibility index (Phi) is 6.08. The SMILES string of the molecule is CC(C)(C)C(=O)Nc1ccc(N2CCN(Cc3ccccc3Cl)CC2)cc1. The number of halogens is 1. The van der Waals surface area contributed by atoms with E-state index in [1.165, 1.54) is 11.3 Å². The van der Waals surface area contributed by atoms with Gasteiger partial charge in [0.25, 0.3) is 0 Å². The van der Waals surface area contributed by atoms with Crippen molar-refractivity contribution in [2.45, 2.75) is 27.3 Å². The Morgan fingerprint density at radius 3 is 2.22 bits per heavy atom. The second kappa shape index (κ2) is 8.32. The zero-order valence-corrected chi connectivity index (χ0v) is 17.1. The van der Waals surface area contributed by atoms with Crippen LogP contribution in [0.2, 0.25) is 5.02 Å². The van der Waals surface area contributed by atoms with Crippen molar-refractivity contribution in [3.8, 4) is 0 Å². The van der Waals surface area contributed by atoms with Gasteiger partial charge in [-0.05, 0) is 35.9 Å². The standard InChI is InChI=1S/C22H28ClN3O/c1-22(2,3)21(27)24-18-8-10-19(11-9-18)26-14-12-25(13-15-26)16-17-6-4-5-7-20(17)23/h4-11H,12-16H2,1-3H3,(H,24,27). The molecule has 3 rings (SSSR count). The minimum absolute atomic E-state index is 0.0310. The van der Waals surface area contributed by atoms with Crippen molar-refractivity contribution < 1.29 is 4.79 Å². The van der Waals surface area contributed by atoms with Gasteiger partial charge in [-0.1, -0.05) is 50.6 Å². The molecule has 1 aliphatic heterocycles. The number of benzene rings is 2. The molecular formula is C22H28ClN3O. The quantitative estimate of drug-likeness (QED) is 0.832. The summed E-state index contributed by atoms with van der Waals surface area (Å²) in [6.07, 6.45) is 0. The fraction of sp³-hybridized carbons (Fsp3) is 0.409. The molecular weight excluding hydrogens is 358 g/mol. The summed E-state index contributed by atoms with van der Waals surface area (Å²) in [6, 6.07) is 16.2. The number of nitrogens with one attached hydrogen (secondary N) is 1. The molecule has 1 aliphatic rings. The molecule has 2 aromatic rings. The fourth-order valence-electron chi connectivity index (χ4n) is 3.11. The summed E-state index contributed by atoms with van der Waals surface area (Å²) in [5.41, 5.74) is 2.83. The fourth-order valence-corrected chi connectivity index (χ4v) is 3.30. The second-order valence-corrected chi connectivity index (χ2v) is 8.51. The Morgan fingerprint density at radius 2 is 1.63 bits per heavy atom. The van der Waals surface area contributed by atoms with Gasteiger partial charge in [0, 0.05) is 54.5 Å². The van der Waals surface area contributed by atoms with Crippen LogP contribution in [0, 0.1) is 5.41 Å². The Bertz CT molecular complexity index is 775. The van der Waals surface area contributed by atoms with Gasteiger partial charge in [0.1, 0.15) is 0 Å². The topological polar surface area (TPSA) is 35.6 Å². The summed E-state index contributed by atoms with van der Waals surface area (Å²) in [5, 5.41) is 3.81. The molecule has 0 aromatic heterocycles. The predicted molar refractivity (Wildman–Crippen MR) is 113 cm³/mol. The largest absolute Gasteiger partial charge is 0.369 e. The van der Waals surface area contributed by atoms with Gasteiger partial charge < -0.3 is 10.2 Å². The van der Waals surface area contributed by atoms with Gasteiger partial charge >= 0.3 is 0 Å². The lowest BCUT2D eigenvalue weighted by atomic mass is 9.95. The zero-order valence-electron chi connectivity index (χ0n) is 16.3. The van der Waals surface area contributed by atoms with Crippen LogP contribution in [0.25, 0.3) is 0 Å². The maximum Gasteiger partial charge on any atom is 0.229 e. The Hall–Kier alpha value is -2.04. The number of hydrogen-bond donors (Lipinski definition) is 1. The van der Waals surface area contributed by atoms with Gasteiger partial charge in [-0.25, -0.2) is 0 Å². The normalized spacial score (nSPS) is 15.6. The van der Waals surface area contributed by atoms with Crippen molar-refractivity contribution in [3.05, 3.63) is 59.1 Å². The highest BCUT2D eigenvalue weighted by molar-refractivity contribution is 6.31. The maximum absolute atomic E-state index is 12.1. The van der Waals surface area contributed by atoms with Gasteiger partial charge in [-0.2, -0.15) is 0 Å². The Morgan fingerprint density at radius 1 is 1.00 bits per heavy atom. The molecule has 1 N–H and O–H groups in total. The third-order valence-electron chi connectivity index (χ3n) is 4.90. The molecule has 0 bridgehead atoms. The van der Waals surface area contributed by atoms with Crippen molar-refractivity contribution in [2.24, 2.45) is 5.41 Å². The van der Waals surface area contributed by atoms with E-state index in [2.05, 4.69) is 33.3 Å². The van der Waals surface area contributed by atoms with E-state index in [-0.39, 0.29) is 5.91 Å². The number of piperazine rings is 1. The van der Waals surface area contributed by atoms with Gasteiger partial charge in [-0.15, -0.1) is 0 Å². The lowest BCUT2D eigenvalue weighted by molar-refractivity contribution is -0.123. The van der Waals surface area contributed by atoms with Crippen LogP contribution in [0.1, 0.15) is 26.3 Å². The number of nitrogens with zero attached hydrogens (tertiary/aromatic N) is 2. The minimum atomic E-state index is -0.392. The molecule has 144 valence electrons. The first-order valence-electron chi connectivity index (χ1n) is 9.45. The van der Waals surface area contributed by atoms with E-state index in [0.717, 1.165) is 43.4 Å². The van der Waals surface area contributed by atoms with Gasteiger partial charge in [0.05, 0.1) is 0 Å². The molecule has 0 radical (unpaired) electrons. The number of amides is 1. The van der Waals surface area contributed by atoms with Crippen LogP contribution in [0.5, 0.6) is 0 Å². The molecule has 1 heterocycles. The first-order valence-corrected chi connectivity index (χ1v) is 9.83. The minimum Gasteiger partial charge on any atom is -0.369 e. The molecule has 1 amide bonds. The zero-order chi connectivity index (χ0) is 19.4.